The highest BCUT2D eigenvalue weighted by Crippen LogP contribution is 2.27. The van der Waals surface area contributed by atoms with Gasteiger partial charge in [0.15, 0.2) is 5.69 Å². The van der Waals surface area contributed by atoms with Gasteiger partial charge in [-0.2, -0.15) is 18.3 Å². The smallest absolute Gasteiger partial charge is 0.322 e. The van der Waals surface area contributed by atoms with Crippen LogP contribution in [0.25, 0.3) is 0 Å². The molecule has 24 heavy (non-hydrogen) atoms. The summed E-state index contributed by atoms with van der Waals surface area (Å²) in [5.74, 6) is -1.15. The number of hydrogen-bond acceptors (Lipinski definition) is 3. The number of nitrogens with one attached hydrogen (secondary N) is 2. The molecule has 2 heterocycles. The summed E-state index contributed by atoms with van der Waals surface area (Å²) in [6.45, 7) is 0.775. The Morgan fingerprint density at radius 2 is 2.12 bits per heavy atom. The Kier molecular flexibility index (Phi) is 4.27. The quantitative estimate of drug-likeness (QED) is 0.842. The Labute approximate surface area is 134 Å². The highest BCUT2D eigenvalue weighted by Gasteiger charge is 2.33. The van der Waals surface area contributed by atoms with Crippen LogP contribution in [0.5, 0.6) is 0 Å². The molecule has 1 aromatic heterocycles. The van der Waals surface area contributed by atoms with E-state index in [0.717, 1.165) is 22.5 Å². The third-order valence-corrected chi connectivity index (χ3v) is 3.72. The molecule has 0 fully saturated rings. The minimum atomic E-state index is -4.57. The Morgan fingerprint density at radius 1 is 1.33 bits per heavy atom. The van der Waals surface area contributed by atoms with E-state index < -0.39 is 30.1 Å². The number of carbonyl (C=O) groups is 1. The monoisotopic (exact) mass is 342 g/mol. The molecule has 1 aromatic carbocycles. The SMILES string of the molecule is O=C(Cn1ccc(C(F)(F)F)n1)Nc1ccc2c(c1F)CCNC2. The first kappa shape index (κ1) is 16.4. The van der Waals surface area contributed by atoms with Gasteiger partial charge >= 0.3 is 6.18 Å². The molecule has 0 aliphatic carbocycles. The van der Waals surface area contributed by atoms with E-state index in [4.69, 9.17) is 0 Å². The van der Waals surface area contributed by atoms with Crippen LogP contribution >= 0.6 is 0 Å². The average molecular weight is 342 g/mol. The highest BCUT2D eigenvalue weighted by atomic mass is 19.4. The maximum absolute atomic E-state index is 14.4. The fourth-order valence-electron chi connectivity index (χ4n) is 2.57. The van der Waals surface area contributed by atoms with Crippen molar-refractivity contribution < 1.29 is 22.4 Å². The van der Waals surface area contributed by atoms with Crippen LogP contribution in [0.4, 0.5) is 23.2 Å². The van der Waals surface area contributed by atoms with Crippen molar-refractivity contribution in [2.45, 2.75) is 25.7 Å². The third-order valence-electron chi connectivity index (χ3n) is 3.72. The number of hydrogen-bond donors (Lipinski definition) is 2. The van der Waals surface area contributed by atoms with Crippen LogP contribution < -0.4 is 10.6 Å². The summed E-state index contributed by atoms with van der Waals surface area (Å²) < 4.78 is 52.7. The van der Waals surface area contributed by atoms with E-state index >= 15 is 0 Å². The lowest BCUT2D eigenvalue weighted by Gasteiger charge is -2.19. The predicted molar refractivity (Wildman–Crippen MR) is 77.7 cm³/mol. The first-order chi connectivity index (χ1) is 11.3. The zero-order chi connectivity index (χ0) is 17.3. The van der Waals surface area contributed by atoms with Gasteiger partial charge < -0.3 is 10.6 Å². The second-order valence-electron chi connectivity index (χ2n) is 5.44. The largest absolute Gasteiger partial charge is 0.435 e. The van der Waals surface area contributed by atoms with E-state index in [2.05, 4.69) is 15.7 Å². The molecule has 128 valence electrons. The maximum atomic E-state index is 14.4. The van der Waals surface area contributed by atoms with Crippen molar-refractivity contribution in [3.63, 3.8) is 0 Å². The molecule has 2 aromatic rings. The van der Waals surface area contributed by atoms with Gasteiger partial charge in [-0.1, -0.05) is 6.07 Å². The second kappa shape index (κ2) is 6.23. The number of carbonyl (C=O) groups excluding carboxylic acids is 1. The summed E-state index contributed by atoms with van der Waals surface area (Å²) in [6, 6.07) is 3.94. The average Bonchev–Trinajstić information content (AvgIpc) is 2.99. The van der Waals surface area contributed by atoms with Crippen LogP contribution in [0.1, 0.15) is 16.8 Å². The van der Waals surface area contributed by atoms with Crippen LogP contribution in [-0.4, -0.2) is 22.2 Å². The predicted octanol–water partition coefficient (Wildman–Crippen LogP) is 2.33. The van der Waals surface area contributed by atoms with Crippen molar-refractivity contribution in [2.75, 3.05) is 11.9 Å². The number of benzene rings is 1. The lowest BCUT2D eigenvalue weighted by molar-refractivity contribution is -0.141. The molecular weight excluding hydrogens is 328 g/mol. The Bertz CT molecular complexity index is 769. The number of aromatic nitrogens is 2. The van der Waals surface area contributed by atoms with Gasteiger partial charge in [-0.05, 0) is 36.2 Å². The molecule has 0 radical (unpaired) electrons. The molecule has 0 bridgehead atoms. The minimum Gasteiger partial charge on any atom is -0.322 e. The molecule has 3 rings (SSSR count). The molecule has 0 unspecified atom stereocenters. The van der Waals surface area contributed by atoms with E-state index in [1.807, 2.05) is 0 Å². The van der Waals surface area contributed by atoms with Crippen molar-refractivity contribution in [2.24, 2.45) is 0 Å². The van der Waals surface area contributed by atoms with Crippen LogP contribution in [0.3, 0.4) is 0 Å². The fourth-order valence-corrected chi connectivity index (χ4v) is 2.57. The van der Waals surface area contributed by atoms with Crippen molar-refractivity contribution in [3.05, 3.63) is 47.0 Å². The molecule has 0 atom stereocenters. The van der Waals surface area contributed by atoms with Gasteiger partial charge in [-0.15, -0.1) is 0 Å². The standard InChI is InChI=1S/C15H14F4N4O/c16-14-10-3-5-20-7-9(10)1-2-11(14)21-13(24)8-23-6-4-12(22-23)15(17,18)19/h1-2,4,6,20H,3,5,7-8H2,(H,21,24). The number of alkyl halides is 3. The van der Waals surface area contributed by atoms with E-state index in [-0.39, 0.29) is 5.69 Å². The summed E-state index contributed by atoms with van der Waals surface area (Å²) in [5, 5.41) is 8.78. The zero-order valence-corrected chi connectivity index (χ0v) is 12.5. The molecule has 0 saturated carbocycles. The molecular formula is C15H14F4N4O. The number of anilines is 1. The highest BCUT2D eigenvalue weighted by molar-refractivity contribution is 5.90. The van der Waals surface area contributed by atoms with Crippen LogP contribution in [0.15, 0.2) is 24.4 Å². The topological polar surface area (TPSA) is 59.0 Å². The van der Waals surface area contributed by atoms with Gasteiger partial charge in [0, 0.05) is 12.7 Å². The summed E-state index contributed by atoms with van der Waals surface area (Å²) in [7, 11) is 0. The molecule has 0 spiro atoms. The van der Waals surface area contributed by atoms with Crippen LogP contribution in [0, 0.1) is 5.82 Å². The first-order valence-corrected chi connectivity index (χ1v) is 7.26. The van der Waals surface area contributed by atoms with Gasteiger partial charge in [0.25, 0.3) is 0 Å². The van der Waals surface area contributed by atoms with Gasteiger partial charge in [0.05, 0.1) is 5.69 Å². The number of halogens is 4. The summed E-state index contributed by atoms with van der Waals surface area (Å²) in [5.41, 5.74) is 0.315. The summed E-state index contributed by atoms with van der Waals surface area (Å²) >= 11 is 0. The first-order valence-electron chi connectivity index (χ1n) is 7.26. The Hall–Kier alpha value is -2.42. The van der Waals surface area contributed by atoms with E-state index in [1.165, 1.54) is 6.07 Å². The van der Waals surface area contributed by atoms with E-state index in [1.54, 1.807) is 6.07 Å². The summed E-state index contributed by atoms with van der Waals surface area (Å²) in [6.07, 6.45) is -3.00. The number of rotatable bonds is 3. The molecule has 0 saturated heterocycles. The number of fused-ring (bicyclic) bond motifs is 1. The second-order valence-corrected chi connectivity index (χ2v) is 5.44. The number of nitrogens with zero attached hydrogens (tertiary/aromatic N) is 2. The van der Waals surface area contributed by atoms with Gasteiger partial charge in [-0.3, -0.25) is 9.48 Å². The van der Waals surface area contributed by atoms with Crippen molar-refractivity contribution in [1.82, 2.24) is 15.1 Å². The van der Waals surface area contributed by atoms with Crippen molar-refractivity contribution >= 4 is 11.6 Å². The van der Waals surface area contributed by atoms with Crippen LogP contribution in [-0.2, 0) is 30.5 Å². The molecule has 2 N–H and O–H groups in total. The van der Waals surface area contributed by atoms with Gasteiger partial charge in [0.2, 0.25) is 5.91 Å². The summed E-state index contributed by atoms with van der Waals surface area (Å²) in [4.78, 5) is 11.9. The van der Waals surface area contributed by atoms with E-state index in [0.29, 0.717) is 25.1 Å². The van der Waals surface area contributed by atoms with Crippen LogP contribution in [0.2, 0.25) is 0 Å². The molecule has 1 aliphatic rings. The molecule has 5 nitrogen and oxygen atoms in total. The lowest BCUT2D eigenvalue weighted by atomic mass is 9.99. The van der Waals surface area contributed by atoms with Crippen molar-refractivity contribution in [3.8, 4) is 0 Å². The Morgan fingerprint density at radius 3 is 2.83 bits per heavy atom. The Balaban J connectivity index is 1.70. The third kappa shape index (κ3) is 3.40. The fraction of sp³-hybridized carbons (Fsp3) is 0.333. The zero-order valence-electron chi connectivity index (χ0n) is 12.5. The van der Waals surface area contributed by atoms with E-state index in [9.17, 15) is 22.4 Å². The maximum Gasteiger partial charge on any atom is 0.435 e. The normalized spacial score (nSPS) is 14.3. The number of amides is 1. The van der Waals surface area contributed by atoms with Gasteiger partial charge in [-0.25, -0.2) is 4.39 Å². The van der Waals surface area contributed by atoms with Gasteiger partial charge in [0.1, 0.15) is 12.4 Å². The lowest BCUT2D eigenvalue weighted by Crippen LogP contribution is -2.26. The van der Waals surface area contributed by atoms with Crippen molar-refractivity contribution in [1.29, 1.82) is 0 Å². The molecule has 1 aliphatic heterocycles. The molecule has 9 heteroatoms. The molecule has 1 amide bonds. The minimum absolute atomic E-state index is 0.0175.